The molecule has 0 radical (unpaired) electrons. The molecule has 1 heterocycles. The Morgan fingerprint density at radius 3 is 2.26 bits per heavy atom. The second kappa shape index (κ2) is 15.1. The molecule has 0 bridgehead atoms. The summed E-state index contributed by atoms with van der Waals surface area (Å²) in [5.41, 5.74) is 2.15. The van der Waals surface area contributed by atoms with E-state index in [1.807, 2.05) is 54.6 Å². The molecule has 0 aliphatic rings. The maximum atomic E-state index is 13.7. The average molecular weight is 491 g/mol. The van der Waals surface area contributed by atoms with Gasteiger partial charge < -0.3 is 15.5 Å². The molecule has 1 amide bonds. The van der Waals surface area contributed by atoms with Crippen LogP contribution in [0.25, 0.3) is 0 Å². The Morgan fingerprint density at radius 2 is 1.60 bits per heavy atom. The summed E-state index contributed by atoms with van der Waals surface area (Å²) in [5.74, 6) is 0.0302. The molecular weight excluding hydrogens is 452 g/mol. The molecule has 2 N–H and O–H groups in total. The standard InChI is InChI=1S/C29H38N4OS/c1-3-5-19-27(31-24-15-9-7-10-16-24)32-29(34)26(35-28-20-13-14-21-30-28)23-33(22-6-4-2)25-17-11-8-12-18-25/h7-18,20-21,26-27,31H,3-6,19,22-23H2,1-2H3,(H,32,34). The van der Waals surface area contributed by atoms with Crippen LogP contribution in [-0.4, -0.2) is 35.4 Å². The summed E-state index contributed by atoms with van der Waals surface area (Å²) < 4.78 is 0. The normalized spacial score (nSPS) is 12.5. The number of aromatic nitrogens is 1. The number of pyridine rings is 1. The van der Waals surface area contributed by atoms with Crippen LogP contribution in [-0.2, 0) is 4.79 Å². The number of nitrogens with zero attached hydrogens (tertiary/aromatic N) is 2. The molecule has 3 aromatic rings. The van der Waals surface area contributed by atoms with Crippen molar-refractivity contribution in [1.82, 2.24) is 10.3 Å². The Bertz CT molecular complexity index is 972. The number of anilines is 2. The molecule has 186 valence electrons. The van der Waals surface area contributed by atoms with Gasteiger partial charge in [0.1, 0.15) is 5.25 Å². The third-order valence-electron chi connectivity index (χ3n) is 5.76. The lowest BCUT2D eigenvalue weighted by atomic mass is 10.2. The van der Waals surface area contributed by atoms with E-state index < -0.39 is 0 Å². The van der Waals surface area contributed by atoms with Crippen molar-refractivity contribution in [2.24, 2.45) is 0 Å². The molecule has 2 atom stereocenters. The first kappa shape index (κ1) is 26.6. The van der Waals surface area contributed by atoms with E-state index in [4.69, 9.17) is 0 Å². The zero-order valence-corrected chi connectivity index (χ0v) is 21.7. The van der Waals surface area contributed by atoms with Crippen LogP contribution in [0.15, 0.2) is 90.1 Å². The number of benzene rings is 2. The van der Waals surface area contributed by atoms with E-state index in [9.17, 15) is 4.79 Å². The predicted molar refractivity (Wildman–Crippen MR) is 149 cm³/mol. The largest absolute Gasteiger partial charge is 0.370 e. The Hall–Kier alpha value is -2.99. The summed E-state index contributed by atoms with van der Waals surface area (Å²) in [6.07, 6.45) is 6.82. The molecule has 5 nitrogen and oxygen atoms in total. The number of para-hydroxylation sites is 2. The smallest absolute Gasteiger partial charge is 0.236 e. The fourth-order valence-corrected chi connectivity index (χ4v) is 4.84. The highest BCUT2D eigenvalue weighted by Crippen LogP contribution is 2.25. The van der Waals surface area contributed by atoms with Gasteiger partial charge in [-0.3, -0.25) is 4.79 Å². The van der Waals surface area contributed by atoms with Crippen LogP contribution < -0.4 is 15.5 Å². The number of carbonyl (C=O) groups excluding carboxylic acids is 1. The van der Waals surface area contributed by atoms with E-state index in [-0.39, 0.29) is 17.3 Å². The van der Waals surface area contributed by atoms with Crippen molar-refractivity contribution in [2.75, 3.05) is 23.3 Å². The van der Waals surface area contributed by atoms with Crippen LogP contribution in [0.5, 0.6) is 0 Å². The molecule has 0 spiro atoms. The summed E-state index contributed by atoms with van der Waals surface area (Å²) >= 11 is 1.53. The molecule has 2 unspecified atom stereocenters. The Labute approximate surface area is 214 Å². The highest BCUT2D eigenvalue weighted by atomic mass is 32.2. The van der Waals surface area contributed by atoms with Crippen LogP contribution in [0.4, 0.5) is 11.4 Å². The first-order chi connectivity index (χ1) is 17.2. The summed E-state index contributed by atoms with van der Waals surface area (Å²) in [4.78, 5) is 20.5. The third-order valence-corrected chi connectivity index (χ3v) is 6.89. The summed E-state index contributed by atoms with van der Waals surface area (Å²) in [5, 5.41) is 7.38. The first-order valence-corrected chi connectivity index (χ1v) is 13.6. The molecular formula is C29H38N4OS. The maximum absolute atomic E-state index is 13.7. The number of amides is 1. The Morgan fingerprint density at radius 1 is 0.914 bits per heavy atom. The lowest BCUT2D eigenvalue weighted by molar-refractivity contribution is -0.121. The van der Waals surface area contributed by atoms with Crippen LogP contribution in [0.2, 0.25) is 0 Å². The fraction of sp³-hybridized carbons (Fsp3) is 0.379. The monoisotopic (exact) mass is 490 g/mol. The van der Waals surface area contributed by atoms with Gasteiger partial charge in [-0.2, -0.15) is 0 Å². The molecule has 1 aromatic heterocycles. The molecule has 35 heavy (non-hydrogen) atoms. The number of carbonyl (C=O) groups is 1. The van der Waals surface area contributed by atoms with Crippen molar-refractivity contribution in [3.05, 3.63) is 85.1 Å². The van der Waals surface area contributed by atoms with Gasteiger partial charge in [0.15, 0.2) is 0 Å². The van der Waals surface area contributed by atoms with Crippen LogP contribution in [0, 0.1) is 0 Å². The SMILES string of the molecule is CCCCC(NC(=O)C(CN(CCCC)c1ccccc1)Sc1ccccn1)Nc1ccccc1. The number of thioether (sulfide) groups is 1. The van der Waals surface area contributed by atoms with Gasteiger partial charge in [0.25, 0.3) is 0 Å². The highest BCUT2D eigenvalue weighted by molar-refractivity contribution is 8.00. The van der Waals surface area contributed by atoms with E-state index >= 15 is 0 Å². The number of unbranched alkanes of at least 4 members (excludes halogenated alkanes) is 2. The van der Waals surface area contributed by atoms with Crippen molar-refractivity contribution in [2.45, 2.75) is 62.4 Å². The maximum Gasteiger partial charge on any atom is 0.236 e. The van der Waals surface area contributed by atoms with Crippen molar-refractivity contribution < 1.29 is 4.79 Å². The minimum Gasteiger partial charge on any atom is -0.370 e. The molecule has 3 rings (SSSR count). The Balaban J connectivity index is 1.79. The average Bonchev–Trinajstić information content (AvgIpc) is 2.90. The molecule has 0 aliphatic heterocycles. The zero-order valence-electron chi connectivity index (χ0n) is 20.9. The van der Waals surface area contributed by atoms with Gasteiger partial charge >= 0.3 is 0 Å². The van der Waals surface area contributed by atoms with Gasteiger partial charge in [0, 0.05) is 30.7 Å². The quantitative estimate of drug-likeness (QED) is 0.186. The molecule has 0 saturated heterocycles. The van der Waals surface area contributed by atoms with Gasteiger partial charge in [0.05, 0.1) is 11.2 Å². The predicted octanol–water partition coefficient (Wildman–Crippen LogP) is 6.59. The fourth-order valence-electron chi connectivity index (χ4n) is 3.84. The second-order valence-corrected chi connectivity index (χ2v) is 9.85. The van der Waals surface area contributed by atoms with Gasteiger partial charge in [-0.05, 0) is 55.7 Å². The second-order valence-electron chi connectivity index (χ2n) is 8.62. The molecule has 0 aliphatic carbocycles. The van der Waals surface area contributed by atoms with E-state index in [2.05, 4.69) is 58.6 Å². The number of rotatable bonds is 15. The summed E-state index contributed by atoms with van der Waals surface area (Å²) in [6.45, 7) is 5.90. The van der Waals surface area contributed by atoms with Gasteiger partial charge in [-0.1, -0.05) is 80.9 Å². The van der Waals surface area contributed by atoms with Gasteiger partial charge in [-0.15, -0.1) is 0 Å². The van der Waals surface area contributed by atoms with Crippen molar-refractivity contribution in [3.8, 4) is 0 Å². The van der Waals surface area contributed by atoms with Crippen LogP contribution in [0.3, 0.4) is 0 Å². The van der Waals surface area contributed by atoms with Crippen molar-refractivity contribution in [1.29, 1.82) is 0 Å². The minimum atomic E-state index is -0.302. The topological polar surface area (TPSA) is 57.3 Å². The van der Waals surface area contributed by atoms with E-state index in [1.165, 1.54) is 11.8 Å². The molecule has 2 aromatic carbocycles. The van der Waals surface area contributed by atoms with Crippen molar-refractivity contribution in [3.63, 3.8) is 0 Å². The van der Waals surface area contributed by atoms with E-state index in [0.717, 1.165) is 55.0 Å². The lowest BCUT2D eigenvalue weighted by Crippen LogP contribution is -2.48. The molecule has 0 saturated carbocycles. The lowest BCUT2D eigenvalue weighted by Gasteiger charge is -2.30. The minimum absolute atomic E-state index is 0.0302. The van der Waals surface area contributed by atoms with Gasteiger partial charge in [0.2, 0.25) is 5.91 Å². The molecule has 0 fully saturated rings. The van der Waals surface area contributed by atoms with Crippen molar-refractivity contribution >= 4 is 29.0 Å². The zero-order chi connectivity index (χ0) is 24.7. The number of nitrogens with one attached hydrogen (secondary N) is 2. The first-order valence-electron chi connectivity index (χ1n) is 12.7. The third kappa shape index (κ3) is 9.29. The summed E-state index contributed by atoms with van der Waals surface area (Å²) in [6, 6.07) is 26.3. The van der Waals surface area contributed by atoms with E-state index in [1.54, 1.807) is 6.20 Å². The van der Waals surface area contributed by atoms with Crippen LogP contribution >= 0.6 is 11.8 Å². The highest BCUT2D eigenvalue weighted by Gasteiger charge is 2.26. The number of hydrogen-bond acceptors (Lipinski definition) is 5. The summed E-state index contributed by atoms with van der Waals surface area (Å²) in [7, 11) is 0. The Kier molecular flexibility index (Phi) is 11.5. The van der Waals surface area contributed by atoms with E-state index in [0.29, 0.717) is 6.54 Å². The molecule has 6 heteroatoms. The van der Waals surface area contributed by atoms with Crippen LogP contribution in [0.1, 0.15) is 46.0 Å². The number of hydrogen-bond donors (Lipinski definition) is 2. The van der Waals surface area contributed by atoms with Gasteiger partial charge in [-0.25, -0.2) is 4.98 Å².